The molecular formula is C14H27NO3. The van der Waals surface area contributed by atoms with Gasteiger partial charge < -0.3 is 4.84 Å². The Bertz CT molecular complexity index is 229. The summed E-state index contributed by atoms with van der Waals surface area (Å²) < 4.78 is 0. The molecule has 0 aromatic heterocycles. The Balaban J connectivity index is 3.20. The Morgan fingerprint density at radius 2 is 1.39 bits per heavy atom. The molecule has 0 radical (unpaired) electrons. The standard InChI is InChI=1S/C14H27NO3/c1-2-3-4-5-6-7-8-9-10-11-13(16)12-14(17)18-15/h2-12,15H2,1H3. The Morgan fingerprint density at radius 1 is 0.889 bits per heavy atom. The van der Waals surface area contributed by atoms with E-state index in [2.05, 4.69) is 17.7 Å². The van der Waals surface area contributed by atoms with Gasteiger partial charge in [-0.25, -0.2) is 4.79 Å². The minimum atomic E-state index is -0.643. The van der Waals surface area contributed by atoms with E-state index in [4.69, 9.17) is 0 Å². The van der Waals surface area contributed by atoms with Crippen LogP contribution >= 0.6 is 0 Å². The fraction of sp³-hybridized carbons (Fsp3) is 0.857. The Labute approximate surface area is 110 Å². The van der Waals surface area contributed by atoms with E-state index in [1.807, 2.05) is 0 Å². The van der Waals surface area contributed by atoms with Gasteiger partial charge in [0.2, 0.25) is 0 Å². The summed E-state index contributed by atoms with van der Waals surface area (Å²) >= 11 is 0. The quantitative estimate of drug-likeness (QED) is 0.331. The average Bonchev–Trinajstić information content (AvgIpc) is 2.36. The van der Waals surface area contributed by atoms with Crippen LogP contribution in [0.4, 0.5) is 0 Å². The highest BCUT2D eigenvalue weighted by Crippen LogP contribution is 2.11. The van der Waals surface area contributed by atoms with Gasteiger partial charge in [0.25, 0.3) is 0 Å². The van der Waals surface area contributed by atoms with Crippen LogP contribution < -0.4 is 5.90 Å². The minimum absolute atomic E-state index is 0.0756. The van der Waals surface area contributed by atoms with E-state index in [-0.39, 0.29) is 12.2 Å². The summed E-state index contributed by atoms with van der Waals surface area (Å²) in [6.45, 7) is 2.22. The normalized spacial score (nSPS) is 10.3. The molecule has 0 aromatic rings. The second-order valence-corrected chi connectivity index (χ2v) is 4.78. The zero-order valence-corrected chi connectivity index (χ0v) is 11.6. The van der Waals surface area contributed by atoms with Crippen LogP contribution in [-0.4, -0.2) is 11.8 Å². The topological polar surface area (TPSA) is 69.4 Å². The van der Waals surface area contributed by atoms with Crippen molar-refractivity contribution in [1.29, 1.82) is 0 Å². The fourth-order valence-electron chi connectivity index (χ4n) is 1.92. The molecule has 0 aliphatic heterocycles. The van der Waals surface area contributed by atoms with Crippen molar-refractivity contribution in [2.75, 3.05) is 0 Å². The van der Waals surface area contributed by atoms with E-state index >= 15 is 0 Å². The summed E-state index contributed by atoms with van der Waals surface area (Å²) in [5, 5.41) is 0. The third-order valence-electron chi connectivity index (χ3n) is 3.03. The number of unbranched alkanes of at least 4 members (excludes halogenated alkanes) is 8. The van der Waals surface area contributed by atoms with E-state index in [1.54, 1.807) is 0 Å². The molecule has 0 aliphatic rings. The second kappa shape index (κ2) is 12.6. The maximum Gasteiger partial charge on any atom is 0.331 e. The number of ketones is 1. The molecule has 0 saturated carbocycles. The lowest BCUT2D eigenvalue weighted by atomic mass is 10.0. The summed E-state index contributed by atoms with van der Waals surface area (Å²) in [6, 6.07) is 0. The highest BCUT2D eigenvalue weighted by atomic mass is 16.7. The summed E-state index contributed by atoms with van der Waals surface area (Å²) in [4.78, 5) is 25.9. The monoisotopic (exact) mass is 257 g/mol. The Morgan fingerprint density at radius 3 is 1.89 bits per heavy atom. The van der Waals surface area contributed by atoms with Gasteiger partial charge >= 0.3 is 5.97 Å². The first kappa shape index (κ1) is 17.1. The predicted molar refractivity (Wildman–Crippen MR) is 71.7 cm³/mol. The Hall–Kier alpha value is -0.900. The molecule has 0 unspecified atom stereocenters. The molecule has 0 bridgehead atoms. The number of carbonyl (C=O) groups excluding carboxylic acids is 2. The smallest absolute Gasteiger partial charge is 0.331 e. The van der Waals surface area contributed by atoms with Crippen LogP contribution in [0.3, 0.4) is 0 Å². The minimum Gasteiger partial charge on any atom is -0.373 e. The van der Waals surface area contributed by atoms with E-state index in [0.717, 1.165) is 12.8 Å². The molecule has 106 valence electrons. The lowest BCUT2D eigenvalue weighted by Gasteiger charge is -2.02. The molecule has 4 nitrogen and oxygen atoms in total. The molecule has 0 amide bonds. The van der Waals surface area contributed by atoms with E-state index < -0.39 is 5.97 Å². The van der Waals surface area contributed by atoms with Gasteiger partial charge in [-0.2, -0.15) is 5.90 Å². The summed E-state index contributed by atoms with van der Waals surface area (Å²) in [5.41, 5.74) is 0. The molecule has 18 heavy (non-hydrogen) atoms. The van der Waals surface area contributed by atoms with Gasteiger partial charge in [-0.1, -0.05) is 58.3 Å². The first-order chi connectivity index (χ1) is 8.70. The predicted octanol–water partition coefficient (Wildman–Crippen LogP) is 3.28. The van der Waals surface area contributed by atoms with Crippen molar-refractivity contribution in [2.24, 2.45) is 5.90 Å². The highest BCUT2D eigenvalue weighted by Gasteiger charge is 2.09. The van der Waals surface area contributed by atoms with Crippen molar-refractivity contribution >= 4 is 11.8 Å². The molecule has 2 N–H and O–H groups in total. The molecule has 0 saturated heterocycles. The summed E-state index contributed by atoms with van der Waals surface area (Å²) in [6.07, 6.45) is 11.2. The maximum atomic E-state index is 11.3. The first-order valence-corrected chi connectivity index (χ1v) is 7.12. The van der Waals surface area contributed by atoms with Crippen LogP contribution in [0.2, 0.25) is 0 Å². The second-order valence-electron chi connectivity index (χ2n) is 4.78. The van der Waals surface area contributed by atoms with Crippen LogP contribution in [0.25, 0.3) is 0 Å². The molecular weight excluding hydrogens is 230 g/mol. The largest absolute Gasteiger partial charge is 0.373 e. The number of hydrogen-bond donors (Lipinski definition) is 1. The number of hydrogen-bond acceptors (Lipinski definition) is 4. The highest BCUT2D eigenvalue weighted by molar-refractivity contribution is 5.95. The number of carbonyl (C=O) groups is 2. The van der Waals surface area contributed by atoms with Gasteiger partial charge in [0.05, 0.1) is 0 Å². The third kappa shape index (κ3) is 11.6. The molecule has 0 atom stereocenters. The van der Waals surface area contributed by atoms with Gasteiger partial charge in [0.15, 0.2) is 0 Å². The zero-order valence-electron chi connectivity index (χ0n) is 11.6. The summed E-state index contributed by atoms with van der Waals surface area (Å²) in [5.74, 6) is 3.94. The summed E-state index contributed by atoms with van der Waals surface area (Å²) in [7, 11) is 0. The van der Waals surface area contributed by atoms with Gasteiger partial charge in [-0.15, -0.1) is 0 Å². The van der Waals surface area contributed by atoms with Crippen molar-refractivity contribution in [3.05, 3.63) is 0 Å². The fourth-order valence-corrected chi connectivity index (χ4v) is 1.92. The number of nitrogens with two attached hydrogens (primary N) is 1. The van der Waals surface area contributed by atoms with E-state index in [0.29, 0.717) is 6.42 Å². The molecule has 4 heteroatoms. The average molecular weight is 257 g/mol. The number of Topliss-reactive ketones (excluding diaryl/α,β-unsaturated/α-hetero) is 1. The van der Waals surface area contributed by atoms with Crippen LogP contribution in [-0.2, 0) is 14.4 Å². The van der Waals surface area contributed by atoms with Crippen molar-refractivity contribution in [2.45, 2.75) is 77.6 Å². The molecule has 0 heterocycles. The Kier molecular flexibility index (Phi) is 11.9. The molecule has 0 aliphatic carbocycles. The van der Waals surface area contributed by atoms with Crippen molar-refractivity contribution < 1.29 is 14.4 Å². The third-order valence-corrected chi connectivity index (χ3v) is 3.03. The molecule has 0 rings (SSSR count). The van der Waals surface area contributed by atoms with Crippen LogP contribution in [0.5, 0.6) is 0 Å². The number of rotatable bonds is 12. The first-order valence-electron chi connectivity index (χ1n) is 7.12. The lowest BCUT2D eigenvalue weighted by Crippen LogP contribution is -2.14. The van der Waals surface area contributed by atoms with Gasteiger partial charge in [0, 0.05) is 6.42 Å². The maximum absolute atomic E-state index is 11.3. The van der Waals surface area contributed by atoms with Crippen molar-refractivity contribution in [3.8, 4) is 0 Å². The molecule has 0 aromatic carbocycles. The zero-order chi connectivity index (χ0) is 13.6. The van der Waals surface area contributed by atoms with Gasteiger partial charge in [-0.05, 0) is 6.42 Å². The molecule has 0 fully saturated rings. The molecule has 0 spiro atoms. The van der Waals surface area contributed by atoms with Gasteiger partial charge in [-0.3, -0.25) is 4.79 Å². The van der Waals surface area contributed by atoms with Gasteiger partial charge in [0.1, 0.15) is 12.2 Å². The van der Waals surface area contributed by atoms with Crippen LogP contribution in [0.15, 0.2) is 0 Å². The SMILES string of the molecule is CCCCCCCCCCCC(=O)CC(=O)ON. The van der Waals surface area contributed by atoms with Crippen molar-refractivity contribution in [3.63, 3.8) is 0 Å². The lowest BCUT2D eigenvalue weighted by molar-refractivity contribution is -0.146. The van der Waals surface area contributed by atoms with Crippen LogP contribution in [0, 0.1) is 0 Å². The van der Waals surface area contributed by atoms with E-state index in [9.17, 15) is 9.59 Å². The van der Waals surface area contributed by atoms with E-state index in [1.165, 1.54) is 44.9 Å². The van der Waals surface area contributed by atoms with Crippen molar-refractivity contribution in [1.82, 2.24) is 0 Å². The van der Waals surface area contributed by atoms with Crippen LogP contribution in [0.1, 0.15) is 77.6 Å².